The highest BCUT2D eigenvalue weighted by Gasteiger charge is 2.45. The van der Waals surface area contributed by atoms with Crippen molar-refractivity contribution in [3.63, 3.8) is 0 Å². The molecule has 2 atom stereocenters. The maximum atomic E-state index is 13.4. The molecule has 4 N–H and O–H groups in total. The molecule has 0 bridgehead atoms. The molecule has 0 radical (unpaired) electrons. The van der Waals surface area contributed by atoms with Gasteiger partial charge in [-0.05, 0) is 53.4 Å². The fourth-order valence-corrected chi connectivity index (χ4v) is 5.23. The van der Waals surface area contributed by atoms with Crippen molar-refractivity contribution < 1.29 is 24.6 Å². The molecule has 1 aromatic carbocycles. The second-order valence-electron chi connectivity index (χ2n) is 8.28. The third kappa shape index (κ3) is 4.24. The van der Waals surface area contributed by atoms with Crippen molar-refractivity contribution in [3.05, 3.63) is 33.9 Å². The number of carbonyl (C=O) groups is 1. The number of rotatable bonds is 8. The van der Waals surface area contributed by atoms with E-state index in [1.807, 2.05) is 29.7 Å². The van der Waals surface area contributed by atoms with Gasteiger partial charge in [0.2, 0.25) is 5.95 Å². The predicted octanol–water partition coefficient (Wildman–Crippen LogP) is 1.32. The minimum atomic E-state index is -1.08. The van der Waals surface area contributed by atoms with E-state index in [1.165, 1.54) is 17.7 Å². The van der Waals surface area contributed by atoms with E-state index in [0.717, 1.165) is 28.6 Å². The Morgan fingerprint density at radius 3 is 2.72 bits per heavy atom. The Bertz CT molecular complexity index is 975. The molecule has 2 unspecified atom stereocenters. The fraction of sp³-hybridized carbons (Fsp3) is 0.545. The average molecular weight is 509 g/mol. The van der Waals surface area contributed by atoms with Gasteiger partial charge in [-0.15, -0.1) is 0 Å². The maximum absolute atomic E-state index is 13.4. The Labute approximate surface area is 196 Å². The van der Waals surface area contributed by atoms with E-state index in [0.29, 0.717) is 41.5 Å². The molecule has 1 aromatic heterocycles. The summed E-state index contributed by atoms with van der Waals surface area (Å²) in [5.74, 6) is 1.59. The predicted molar refractivity (Wildman–Crippen MR) is 123 cm³/mol. The summed E-state index contributed by atoms with van der Waals surface area (Å²) in [6.07, 6.45) is 3.40. The summed E-state index contributed by atoms with van der Waals surface area (Å²) in [6, 6.07) is 6.14. The molecule has 0 saturated heterocycles. The first kappa shape index (κ1) is 23.0. The number of nitrogens with zero attached hydrogens (tertiary/aromatic N) is 3. The lowest BCUT2D eigenvalue weighted by atomic mass is 10.2. The van der Waals surface area contributed by atoms with Crippen LogP contribution in [0.1, 0.15) is 48.7 Å². The van der Waals surface area contributed by atoms with Gasteiger partial charge in [-0.25, -0.2) is 4.90 Å². The van der Waals surface area contributed by atoms with Crippen molar-refractivity contribution in [2.24, 2.45) is 0 Å². The second-order valence-corrected chi connectivity index (χ2v) is 9.13. The highest BCUT2D eigenvalue weighted by molar-refractivity contribution is 9.10. The van der Waals surface area contributed by atoms with Gasteiger partial charge in [-0.3, -0.25) is 14.3 Å². The van der Waals surface area contributed by atoms with Crippen molar-refractivity contribution in [1.82, 2.24) is 14.5 Å². The van der Waals surface area contributed by atoms with E-state index in [1.54, 1.807) is 7.11 Å². The van der Waals surface area contributed by atoms with Gasteiger partial charge in [0.05, 0.1) is 24.7 Å². The Morgan fingerprint density at radius 1 is 1.34 bits per heavy atom. The van der Waals surface area contributed by atoms with Crippen molar-refractivity contribution in [2.75, 3.05) is 32.1 Å². The number of fused-ring (bicyclic) bond motifs is 1. The van der Waals surface area contributed by atoms with Crippen LogP contribution in [0.5, 0.6) is 5.75 Å². The summed E-state index contributed by atoms with van der Waals surface area (Å²) < 4.78 is 8.09. The standard InChI is InChI=1S/C22H30BrN5O4/c1-3-26-20(30)18-19(27(10-11-29)22(26)31)25-21(24-15-6-4-5-7-15)28(18)13-14-8-9-17(32-2)16(23)12-14/h8-9,12,15,22,29,31H,3-7,10-11,13H2,1-2H3,(H,24,25)/p+1. The molecule has 1 aliphatic heterocycles. The number of aliphatic hydroxyl groups is 2. The monoisotopic (exact) mass is 508 g/mol. The number of benzene rings is 1. The molecular weight excluding hydrogens is 478 g/mol. The van der Waals surface area contributed by atoms with Crippen LogP contribution in [-0.4, -0.2) is 69.8 Å². The number of aromatic nitrogens is 2. The van der Waals surface area contributed by atoms with Crippen molar-refractivity contribution >= 4 is 33.6 Å². The van der Waals surface area contributed by atoms with Crippen molar-refractivity contribution in [2.45, 2.75) is 51.5 Å². The quantitative estimate of drug-likeness (QED) is 0.428. The highest BCUT2D eigenvalue weighted by Crippen LogP contribution is 2.30. The van der Waals surface area contributed by atoms with E-state index in [-0.39, 0.29) is 19.1 Å². The molecule has 1 saturated carbocycles. The summed E-state index contributed by atoms with van der Waals surface area (Å²) in [4.78, 5) is 20.2. The molecule has 1 fully saturated rings. The van der Waals surface area contributed by atoms with Crippen LogP contribution in [0.2, 0.25) is 0 Å². The number of anilines is 1. The number of ether oxygens (including phenoxy) is 1. The van der Waals surface area contributed by atoms with Gasteiger partial charge in [0, 0.05) is 12.6 Å². The second kappa shape index (κ2) is 9.78. The minimum Gasteiger partial charge on any atom is -0.496 e. The van der Waals surface area contributed by atoms with Crippen LogP contribution in [0, 0.1) is 0 Å². The number of halogens is 1. The molecule has 2 aliphatic rings. The van der Waals surface area contributed by atoms with Crippen LogP contribution >= 0.6 is 15.9 Å². The Kier molecular flexibility index (Phi) is 7.04. The molecule has 0 spiro atoms. The Hall–Kier alpha value is -2.14. The molecular formula is C22H31BrN5O4+. The molecule has 10 heteroatoms. The third-order valence-electron chi connectivity index (χ3n) is 6.31. The zero-order valence-electron chi connectivity index (χ0n) is 18.5. The molecule has 2 heterocycles. The molecule has 2 aromatic rings. The van der Waals surface area contributed by atoms with Crippen LogP contribution in [0.3, 0.4) is 0 Å². The lowest BCUT2D eigenvalue weighted by Gasteiger charge is -2.35. The molecule has 9 nitrogen and oxygen atoms in total. The first-order chi connectivity index (χ1) is 15.5. The number of quaternary nitrogens is 1. The molecule has 4 rings (SSSR count). The van der Waals surface area contributed by atoms with Gasteiger partial charge in [-0.1, -0.05) is 18.9 Å². The SMILES string of the molecule is CCN1C(=O)c2c(nc(NC3CCCC3)n2Cc2ccc(OC)c(Br)c2)[NH+](CCO)C1O. The van der Waals surface area contributed by atoms with Gasteiger partial charge in [0.15, 0.2) is 5.69 Å². The summed E-state index contributed by atoms with van der Waals surface area (Å²) in [5, 5.41) is 24.0. The van der Waals surface area contributed by atoms with Crippen LogP contribution in [0.15, 0.2) is 22.7 Å². The summed E-state index contributed by atoms with van der Waals surface area (Å²) in [5.41, 5.74) is 1.44. The van der Waals surface area contributed by atoms with E-state index < -0.39 is 6.35 Å². The highest BCUT2D eigenvalue weighted by atomic mass is 79.9. The lowest BCUT2D eigenvalue weighted by Crippen LogP contribution is -3.15. The van der Waals surface area contributed by atoms with Gasteiger partial charge in [-0.2, -0.15) is 4.98 Å². The summed E-state index contributed by atoms with van der Waals surface area (Å²) in [7, 11) is 1.62. The van der Waals surface area contributed by atoms with E-state index in [4.69, 9.17) is 9.72 Å². The largest absolute Gasteiger partial charge is 0.496 e. The fourth-order valence-electron chi connectivity index (χ4n) is 4.64. The van der Waals surface area contributed by atoms with Crippen LogP contribution in [0.4, 0.5) is 11.8 Å². The zero-order valence-corrected chi connectivity index (χ0v) is 20.1. The topological polar surface area (TPSA) is 104 Å². The van der Waals surface area contributed by atoms with Gasteiger partial charge in [0.1, 0.15) is 12.3 Å². The van der Waals surface area contributed by atoms with Crippen LogP contribution < -0.4 is 15.0 Å². The normalized spacial score (nSPS) is 21.2. The van der Waals surface area contributed by atoms with Crippen LogP contribution in [0.25, 0.3) is 0 Å². The number of imidazole rings is 1. The number of methoxy groups -OCH3 is 1. The minimum absolute atomic E-state index is 0.124. The Morgan fingerprint density at radius 2 is 2.09 bits per heavy atom. The van der Waals surface area contributed by atoms with Gasteiger partial charge in [0.25, 0.3) is 18.1 Å². The first-order valence-corrected chi connectivity index (χ1v) is 11.9. The van der Waals surface area contributed by atoms with Crippen molar-refractivity contribution in [1.29, 1.82) is 0 Å². The molecule has 32 heavy (non-hydrogen) atoms. The number of nitrogens with one attached hydrogen (secondary N) is 2. The number of amides is 1. The Balaban J connectivity index is 1.80. The summed E-state index contributed by atoms with van der Waals surface area (Å²) >= 11 is 3.54. The molecule has 1 aliphatic carbocycles. The lowest BCUT2D eigenvalue weighted by molar-refractivity contribution is -0.903. The van der Waals surface area contributed by atoms with Gasteiger partial charge < -0.3 is 20.3 Å². The first-order valence-electron chi connectivity index (χ1n) is 11.1. The van der Waals surface area contributed by atoms with Crippen molar-refractivity contribution in [3.8, 4) is 5.75 Å². The van der Waals surface area contributed by atoms with E-state index in [9.17, 15) is 15.0 Å². The third-order valence-corrected chi connectivity index (χ3v) is 6.93. The van der Waals surface area contributed by atoms with Crippen LogP contribution in [-0.2, 0) is 6.54 Å². The molecule has 1 amide bonds. The number of hydrogen-bond acceptors (Lipinski definition) is 6. The molecule has 174 valence electrons. The van der Waals surface area contributed by atoms with E-state index >= 15 is 0 Å². The summed E-state index contributed by atoms with van der Waals surface area (Å²) in [6.45, 7) is 2.76. The number of hydrogen-bond donors (Lipinski definition) is 4. The zero-order chi connectivity index (χ0) is 22.8. The number of aliphatic hydroxyl groups excluding tert-OH is 2. The van der Waals surface area contributed by atoms with E-state index in [2.05, 4.69) is 21.2 Å². The van der Waals surface area contributed by atoms with Gasteiger partial charge >= 0.3 is 0 Å². The maximum Gasteiger partial charge on any atom is 0.285 e. The number of carbonyl (C=O) groups excluding carboxylic acids is 1. The average Bonchev–Trinajstić information content (AvgIpc) is 3.40. The smallest absolute Gasteiger partial charge is 0.285 e.